The summed E-state index contributed by atoms with van der Waals surface area (Å²) in [6.07, 6.45) is 0. The number of benzene rings is 1. The van der Waals surface area contributed by atoms with Gasteiger partial charge in [0.25, 0.3) is 0 Å². The maximum Gasteiger partial charge on any atom is 0.152 e. The fourth-order valence-corrected chi connectivity index (χ4v) is 3.95. The van der Waals surface area contributed by atoms with E-state index in [4.69, 9.17) is 15.5 Å². The quantitative estimate of drug-likeness (QED) is 0.545. The molecule has 26 heavy (non-hydrogen) atoms. The largest absolute Gasteiger partial charge is 0.392 e. The van der Waals surface area contributed by atoms with Gasteiger partial charge in [-0.15, -0.1) is 11.3 Å². The van der Waals surface area contributed by atoms with Crippen molar-refractivity contribution in [2.75, 3.05) is 12.3 Å². The zero-order chi connectivity index (χ0) is 18.1. The zero-order valence-corrected chi connectivity index (χ0v) is 15.3. The molecule has 0 aliphatic carbocycles. The van der Waals surface area contributed by atoms with E-state index in [-0.39, 0.29) is 6.61 Å². The van der Waals surface area contributed by atoms with Crippen LogP contribution in [0.25, 0.3) is 21.3 Å². The second-order valence-corrected chi connectivity index (χ2v) is 6.97. The molecule has 0 radical (unpaired) electrons. The number of thiophene rings is 1. The number of rotatable bonds is 6. The Bertz CT molecular complexity index is 1050. The molecule has 0 bridgehead atoms. The van der Waals surface area contributed by atoms with Gasteiger partial charge in [0.05, 0.1) is 22.3 Å². The van der Waals surface area contributed by atoms with E-state index >= 15 is 0 Å². The summed E-state index contributed by atoms with van der Waals surface area (Å²) in [5, 5.41) is 11.3. The lowest BCUT2D eigenvalue weighted by Crippen LogP contribution is -2.07. The predicted molar refractivity (Wildman–Crippen MR) is 104 cm³/mol. The average molecular weight is 368 g/mol. The first-order valence-electron chi connectivity index (χ1n) is 8.49. The summed E-state index contributed by atoms with van der Waals surface area (Å²) in [6, 6.07) is 9.90. The molecule has 0 fully saturated rings. The van der Waals surface area contributed by atoms with Crippen molar-refractivity contribution in [3.05, 3.63) is 52.7 Å². The van der Waals surface area contributed by atoms with Crippen molar-refractivity contribution in [1.29, 1.82) is 0 Å². The fraction of sp³-hybridized carbons (Fsp3) is 0.263. The second-order valence-electron chi connectivity index (χ2n) is 6.06. The molecule has 0 aliphatic rings. The van der Waals surface area contributed by atoms with E-state index in [0.29, 0.717) is 25.6 Å². The SMILES string of the molecule is CCOCc1nc2c(N)nc3ccsc3c2n1Cc1ccc(CO)cc1. The fourth-order valence-electron chi connectivity index (χ4n) is 3.06. The van der Waals surface area contributed by atoms with E-state index < -0.39 is 0 Å². The average Bonchev–Trinajstić information content (AvgIpc) is 3.25. The number of fused-ring (bicyclic) bond motifs is 3. The van der Waals surface area contributed by atoms with Crippen molar-refractivity contribution in [1.82, 2.24) is 14.5 Å². The van der Waals surface area contributed by atoms with Crippen LogP contribution in [-0.4, -0.2) is 26.2 Å². The van der Waals surface area contributed by atoms with E-state index in [1.807, 2.05) is 42.6 Å². The molecule has 0 aliphatic heterocycles. The lowest BCUT2D eigenvalue weighted by Gasteiger charge is -2.11. The summed E-state index contributed by atoms with van der Waals surface area (Å²) in [5.74, 6) is 1.28. The van der Waals surface area contributed by atoms with Gasteiger partial charge in [0.2, 0.25) is 0 Å². The molecule has 0 unspecified atom stereocenters. The lowest BCUT2D eigenvalue weighted by atomic mass is 10.1. The number of ether oxygens (including phenoxy) is 1. The Morgan fingerprint density at radius 2 is 1.92 bits per heavy atom. The number of hydrogen-bond donors (Lipinski definition) is 2. The topological polar surface area (TPSA) is 86.2 Å². The number of aliphatic hydroxyl groups excluding tert-OH is 1. The van der Waals surface area contributed by atoms with Crippen LogP contribution >= 0.6 is 11.3 Å². The summed E-state index contributed by atoms with van der Waals surface area (Å²) in [6.45, 7) is 3.71. The predicted octanol–water partition coefficient (Wildman–Crippen LogP) is 3.31. The van der Waals surface area contributed by atoms with Gasteiger partial charge >= 0.3 is 0 Å². The maximum atomic E-state index is 9.24. The number of anilines is 1. The number of nitrogen functional groups attached to an aromatic ring is 1. The van der Waals surface area contributed by atoms with Gasteiger partial charge in [0.1, 0.15) is 17.9 Å². The molecule has 7 heteroatoms. The van der Waals surface area contributed by atoms with Crippen molar-refractivity contribution >= 4 is 38.4 Å². The van der Waals surface area contributed by atoms with Gasteiger partial charge in [0.15, 0.2) is 5.82 Å². The molecule has 0 saturated heterocycles. The Morgan fingerprint density at radius 1 is 1.15 bits per heavy atom. The van der Waals surface area contributed by atoms with Crippen molar-refractivity contribution in [3.63, 3.8) is 0 Å². The normalized spacial score (nSPS) is 11.6. The van der Waals surface area contributed by atoms with Crippen LogP contribution in [0.3, 0.4) is 0 Å². The lowest BCUT2D eigenvalue weighted by molar-refractivity contribution is 0.126. The summed E-state index contributed by atoms with van der Waals surface area (Å²) in [4.78, 5) is 9.20. The number of aliphatic hydroxyl groups is 1. The molecule has 0 amide bonds. The number of hydrogen-bond acceptors (Lipinski definition) is 6. The molecule has 6 nitrogen and oxygen atoms in total. The van der Waals surface area contributed by atoms with E-state index in [2.05, 4.69) is 9.55 Å². The van der Waals surface area contributed by atoms with Gasteiger partial charge in [-0.3, -0.25) is 0 Å². The van der Waals surface area contributed by atoms with Crippen molar-refractivity contribution in [3.8, 4) is 0 Å². The Hall–Kier alpha value is -2.48. The Balaban J connectivity index is 1.88. The number of aromatic nitrogens is 3. The Kier molecular flexibility index (Phi) is 4.58. The van der Waals surface area contributed by atoms with E-state index in [9.17, 15) is 5.11 Å². The number of imidazole rings is 1. The van der Waals surface area contributed by atoms with Gasteiger partial charge < -0.3 is 20.1 Å². The van der Waals surface area contributed by atoms with Crippen molar-refractivity contribution < 1.29 is 9.84 Å². The molecule has 134 valence electrons. The molecular weight excluding hydrogens is 348 g/mol. The summed E-state index contributed by atoms with van der Waals surface area (Å²) < 4.78 is 8.87. The van der Waals surface area contributed by atoms with Crippen LogP contribution in [0.4, 0.5) is 5.82 Å². The molecule has 0 spiro atoms. The molecule has 4 aromatic rings. The number of nitrogens with zero attached hydrogens (tertiary/aromatic N) is 3. The van der Waals surface area contributed by atoms with Crippen LogP contribution in [0, 0.1) is 0 Å². The minimum atomic E-state index is 0.0435. The highest BCUT2D eigenvalue weighted by atomic mass is 32.1. The van der Waals surface area contributed by atoms with Crippen molar-refractivity contribution in [2.24, 2.45) is 0 Å². The molecule has 4 rings (SSSR count). The summed E-state index contributed by atoms with van der Waals surface area (Å²) in [7, 11) is 0. The highest BCUT2D eigenvalue weighted by Gasteiger charge is 2.18. The van der Waals surface area contributed by atoms with Gasteiger partial charge in [-0.1, -0.05) is 24.3 Å². The highest BCUT2D eigenvalue weighted by Crippen LogP contribution is 2.32. The van der Waals surface area contributed by atoms with Gasteiger partial charge in [-0.05, 0) is 29.5 Å². The molecule has 1 aromatic carbocycles. The van der Waals surface area contributed by atoms with Crippen LogP contribution in [-0.2, 0) is 24.5 Å². The van der Waals surface area contributed by atoms with E-state index in [0.717, 1.165) is 38.2 Å². The number of pyridine rings is 1. The first-order chi connectivity index (χ1) is 12.7. The van der Waals surface area contributed by atoms with Crippen LogP contribution in [0.2, 0.25) is 0 Å². The first kappa shape index (κ1) is 17.0. The maximum absolute atomic E-state index is 9.24. The van der Waals surface area contributed by atoms with Crippen LogP contribution in [0.15, 0.2) is 35.7 Å². The molecule has 0 saturated carbocycles. The standard InChI is InChI=1S/C19H20N4O2S/c1-2-25-11-15-22-16-17(18-14(7-8-26-18)21-19(16)20)23(15)9-12-3-5-13(10-24)6-4-12/h3-8,24H,2,9-11H2,1H3,(H2,20,21). The molecule has 3 heterocycles. The third kappa shape index (κ3) is 2.94. The third-order valence-corrected chi connectivity index (χ3v) is 5.28. The Labute approximate surface area is 154 Å². The second kappa shape index (κ2) is 7.03. The van der Waals surface area contributed by atoms with E-state index in [1.54, 1.807) is 11.3 Å². The molecular formula is C19H20N4O2S. The summed E-state index contributed by atoms with van der Waals surface area (Å²) in [5.41, 5.74) is 10.8. The molecule has 3 N–H and O–H groups in total. The minimum Gasteiger partial charge on any atom is -0.392 e. The molecule has 0 atom stereocenters. The highest BCUT2D eigenvalue weighted by molar-refractivity contribution is 7.18. The first-order valence-corrected chi connectivity index (χ1v) is 9.37. The number of nitrogens with two attached hydrogens (primary N) is 1. The van der Waals surface area contributed by atoms with E-state index in [1.165, 1.54) is 0 Å². The van der Waals surface area contributed by atoms with Crippen molar-refractivity contribution in [2.45, 2.75) is 26.7 Å². The van der Waals surface area contributed by atoms with Gasteiger partial charge in [-0.25, -0.2) is 9.97 Å². The third-order valence-electron chi connectivity index (χ3n) is 4.37. The van der Waals surface area contributed by atoms with Crippen LogP contribution in [0.5, 0.6) is 0 Å². The summed E-state index contributed by atoms with van der Waals surface area (Å²) >= 11 is 1.64. The van der Waals surface area contributed by atoms with Crippen LogP contribution in [0.1, 0.15) is 23.9 Å². The monoisotopic (exact) mass is 368 g/mol. The Morgan fingerprint density at radius 3 is 2.65 bits per heavy atom. The van der Waals surface area contributed by atoms with Gasteiger partial charge in [0, 0.05) is 13.2 Å². The zero-order valence-electron chi connectivity index (χ0n) is 14.5. The van der Waals surface area contributed by atoms with Gasteiger partial charge in [-0.2, -0.15) is 0 Å². The van der Waals surface area contributed by atoms with Crippen LogP contribution < -0.4 is 5.73 Å². The minimum absolute atomic E-state index is 0.0435. The smallest absolute Gasteiger partial charge is 0.152 e. The molecule has 3 aromatic heterocycles.